The maximum absolute atomic E-state index is 13.7. The summed E-state index contributed by atoms with van der Waals surface area (Å²) in [7, 11) is 0. The van der Waals surface area contributed by atoms with Crippen molar-refractivity contribution < 1.29 is 31.9 Å². The zero-order valence-electron chi connectivity index (χ0n) is 16.2. The molecule has 0 saturated heterocycles. The first-order chi connectivity index (χ1) is 13.2. The van der Waals surface area contributed by atoms with E-state index in [1.807, 2.05) is 0 Å². The molecule has 0 heterocycles. The molecule has 0 aromatic heterocycles. The average Bonchev–Trinajstić information content (AvgIpc) is 2.62. The molecule has 1 unspecified atom stereocenters. The Bertz CT molecular complexity index is 647. The summed E-state index contributed by atoms with van der Waals surface area (Å²) in [6.45, 7) is 3.67. The van der Waals surface area contributed by atoms with Crippen LogP contribution in [0.3, 0.4) is 0 Å². The lowest BCUT2D eigenvalue weighted by molar-refractivity contribution is -0.145. The molecule has 1 atom stereocenters. The molecule has 1 aromatic rings. The molecule has 0 radical (unpaired) electrons. The molecular weight excluding hydrogens is 378 g/mol. The Morgan fingerprint density at radius 1 is 1.07 bits per heavy atom. The number of rotatable bonds is 11. The lowest BCUT2D eigenvalue weighted by Gasteiger charge is -2.15. The van der Waals surface area contributed by atoms with Crippen LogP contribution in [0.5, 0.6) is 0 Å². The van der Waals surface area contributed by atoms with Gasteiger partial charge in [-0.15, -0.1) is 0 Å². The van der Waals surface area contributed by atoms with Gasteiger partial charge in [-0.25, -0.2) is 9.18 Å². The SMILES string of the molecule is CCCCCCCCCOC(=O)C(C)NC(=O)c1cc(C(F)(F)F)ccc1F. The highest BCUT2D eigenvalue weighted by atomic mass is 19.4. The number of hydrogen-bond donors (Lipinski definition) is 1. The third kappa shape index (κ3) is 8.27. The van der Waals surface area contributed by atoms with Gasteiger partial charge in [0.25, 0.3) is 5.91 Å². The Morgan fingerprint density at radius 3 is 2.29 bits per heavy atom. The van der Waals surface area contributed by atoms with Crippen LogP contribution in [-0.4, -0.2) is 24.5 Å². The normalized spacial score (nSPS) is 12.5. The standard InChI is InChI=1S/C20H27F4NO3/c1-3-4-5-6-7-8-9-12-28-19(27)14(2)25-18(26)16-13-15(20(22,23)24)10-11-17(16)21/h10-11,13-14H,3-9,12H2,1-2H3,(H,25,26). The summed E-state index contributed by atoms with van der Waals surface area (Å²) < 4.78 is 56.9. The van der Waals surface area contributed by atoms with Gasteiger partial charge in [0, 0.05) is 0 Å². The van der Waals surface area contributed by atoms with Crippen molar-refractivity contribution in [3.63, 3.8) is 0 Å². The Labute approximate surface area is 162 Å². The van der Waals surface area contributed by atoms with Gasteiger partial charge in [0.1, 0.15) is 11.9 Å². The Balaban J connectivity index is 2.44. The van der Waals surface area contributed by atoms with Gasteiger partial charge in [-0.1, -0.05) is 45.4 Å². The van der Waals surface area contributed by atoms with Crippen LogP contribution >= 0.6 is 0 Å². The summed E-state index contributed by atoms with van der Waals surface area (Å²) in [6.07, 6.45) is 2.67. The average molecular weight is 405 g/mol. The van der Waals surface area contributed by atoms with E-state index in [0.29, 0.717) is 24.6 Å². The van der Waals surface area contributed by atoms with Crippen LogP contribution in [0.15, 0.2) is 18.2 Å². The van der Waals surface area contributed by atoms with Gasteiger partial charge < -0.3 is 10.1 Å². The number of carbonyl (C=O) groups is 2. The fourth-order valence-electron chi connectivity index (χ4n) is 2.57. The molecule has 1 rings (SSSR count). The highest BCUT2D eigenvalue weighted by Gasteiger charge is 2.32. The minimum atomic E-state index is -4.70. The molecule has 0 aliphatic heterocycles. The molecule has 158 valence electrons. The van der Waals surface area contributed by atoms with E-state index in [2.05, 4.69) is 12.2 Å². The maximum atomic E-state index is 13.7. The van der Waals surface area contributed by atoms with Crippen molar-refractivity contribution in [1.29, 1.82) is 0 Å². The first-order valence-electron chi connectivity index (χ1n) is 9.51. The number of benzene rings is 1. The molecule has 4 nitrogen and oxygen atoms in total. The molecule has 0 aliphatic rings. The van der Waals surface area contributed by atoms with Crippen LogP contribution in [0.25, 0.3) is 0 Å². The molecule has 1 aromatic carbocycles. The zero-order chi connectivity index (χ0) is 21.2. The molecule has 0 fully saturated rings. The predicted molar refractivity (Wildman–Crippen MR) is 97.3 cm³/mol. The number of halogens is 4. The van der Waals surface area contributed by atoms with Gasteiger partial charge in [0.2, 0.25) is 0 Å². The molecule has 0 saturated carbocycles. The molecule has 0 bridgehead atoms. The van der Waals surface area contributed by atoms with E-state index >= 15 is 0 Å². The third-order valence-corrected chi connectivity index (χ3v) is 4.23. The minimum Gasteiger partial charge on any atom is -0.464 e. The summed E-state index contributed by atoms with van der Waals surface area (Å²) in [5.41, 5.74) is -1.92. The number of alkyl halides is 3. The van der Waals surface area contributed by atoms with Crippen LogP contribution in [0.1, 0.15) is 74.7 Å². The van der Waals surface area contributed by atoms with Gasteiger partial charge in [-0.3, -0.25) is 4.79 Å². The number of ether oxygens (including phenoxy) is 1. The lowest BCUT2D eigenvalue weighted by Crippen LogP contribution is -2.40. The second-order valence-electron chi connectivity index (χ2n) is 6.68. The molecule has 8 heteroatoms. The number of amides is 1. The van der Waals surface area contributed by atoms with Crippen molar-refractivity contribution in [1.82, 2.24) is 5.32 Å². The van der Waals surface area contributed by atoms with Crippen molar-refractivity contribution in [2.45, 2.75) is 71.0 Å². The number of nitrogens with one attached hydrogen (secondary N) is 1. The lowest BCUT2D eigenvalue weighted by atomic mass is 10.1. The number of hydrogen-bond acceptors (Lipinski definition) is 3. The molecular formula is C20H27F4NO3. The van der Waals surface area contributed by atoms with Gasteiger partial charge in [0.15, 0.2) is 0 Å². The van der Waals surface area contributed by atoms with Crippen molar-refractivity contribution in [3.8, 4) is 0 Å². The van der Waals surface area contributed by atoms with Crippen LogP contribution in [0.2, 0.25) is 0 Å². The Hall–Kier alpha value is -2.12. The molecule has 1 amide bonds. The van der Waals surface area contributed by atoms with Crippen molar-refractivity contribution in [2.24, 2.45) is 0 Å². The monoisotopic (exact) mass is 405 g/mol. The molecule has 28 heavy (non-hydrogen) atoms. The third-order valence-electron chi connectivity index (χ3n) is 4.23. The summed E-state index contributed by atoms with van der Waals surface area (Å²) in [4.78, 5) is 23.9. The maximum Gasteiger partial charge on any atom is 0.416 e. The predicted octanol–water partition coefficient (Wildman–Crippen LogP) is 5.26. The highest BCUT2D eigenvalue weighted by Crippen LogP contribution is 2.30. The van der Waals surface area contributed by atoms with Gasteiger partial charge in [-0.2, -0.15) is 13.2 Å². The van der Waals surface area contributed by atoms with E-state index in [1.54, 1.807) is 0 Å². The second kappa shape index (κ2) is 11.7. The first kappa shape index (κ1) is 23.9. The minimum absolute atomic E-state index is 0.199. The molecule has 0 aliphatic carbocycles. The van der Waals surface area contributed by atoms with E-state index in [9.17, 15) is 27.2 Å². The first-order valence-corrected chi connectivity index (χ1v) is 9.51. The van der Waals surface area contributed by atoms with Gasteiger partial charge in [0.05, 0.1) is 17.7 Å². The summed E-state index contributed by atoms with van der Waals surface area (Å²) in [6, 6.07) is 0.431. The van der Waals surface area contributed by atoms with E-state index < -0.39 is 41.0 Å². The van der Waals surface area contributed by atoms with E-state index in [-0.39, 0.29) is 6.61 Å². The smallest absolute Gasteiger partial charge is 0.416 e. The van der Waals surface area contributed by atoms with Gasteiger partial charge >= 0.3 is 12.1 Å². The number of unbranched alkanes of at least 4 members (excludes halogenated alkanes) is 6. The Morgan fingerprint density at radius 2 is 1.68 bits per heavy atom. The highest BCUT2D eigenvalue weighted by molar-refractivity contribution is 5.97. The molecule has 1 N–H and O–H groups in total. The van der Waals surface area contributed by atoms with Crippen LogP contribution < -0.4 is 5.32 Å². The largest absolute Gasteiger partial charge is 0.464 e. The van der Waals surface area contributed by atoms with Gasteiger partial charge in [-0.05, 0) is 31.5 Å². The fourth-order valence-corrected chi connectivity index (χ4v) is 2.57. The summed E-state index contributed by atoms with van der Waals surface area (Å²) in [5, 5.41) is 2.17. The van der Waals surface area contributed by atoms with E-state index in [0.717, 1.165) is 19.3 Å². The number of carbonyl (C=O) groups excluding carboxylic acids is 2. The van der Waals surface area contributed by atoms with Crippen molar-refractivity contribution >= 4 is 11.9 Å². The second-order valence-corrected chi connectivity index (χ2v) is 6.68. The summed E-state index contributed by atoms with van der Waals surface area (Å²) >= 11 is 0. The van der Waals surface area contributed by atoms with Crippen molar-refractivity contribution in [2.75, 3.05) is 6.61 Å². The zero-order valence-corrected chi connectivity index (χ0v) is 16.2. The van der Waals surface area contributed by atoms with Crippen LogP contribution in [0, 0.1) is 5.82 Å². The Kier molecular flexibility index (Phi) is 9.96. The molecule has 0 spiro atoms. The van der Waals surface area contributed by atoms with E-state index in [1.165, 1.54) is 26.2 Å². The van der Waals surface area contributed by atoms with Crippen molar-refractivity contribution in [3.05, 3.63) is 35.1 Å². The topological polar surface area (TPSA) is 55.4 Å². The van der Waals surface area contributed by atoms with Crippen LogP contribution in [0.4, 0.5) is 17.6 Å². The fraction of sp³-hybridized carbons (Fsp3) is 0.600. The van der Waals surface area contributed by atoms with Crippen LogP contribution in [-0.2, 0) is 15.7 Å². The van der Waals surface area contributed by atoms with E-state index in [4.69, 9.17) is 4.74 Å². The quantitative estimate of drug-likeness (QED) is 0.311. The summed E-state index contributed by atoms with van der Waals surface area (Å²) in [5.74, 6) is -2.93. The number of esters is 1.